The number of hydrogen-bond acceptors (Lipinski definition) is 4. The van der Waals surface area contributed by atoms with Crippen LogP contribution < -0.4 is 5.32 Å². The van der Waals surface area contributed by atoms with Crippen molar-refractivity contribution in [1.29, 1.82) is 0 Å². The van der Waals surface area contributed by atoms with Crippen LogP contribution in [0.2, 0.25) is 0 Å². The molecule has 1 aliphatic heterocycles. The molecule has 4 bridgehead atoms. The highest BCUT2D eigenvalue weighted by Crippen LogP contribution is 2.55. The zero-order chi connectivity index (χ0) is 20.9. The number of nitrogens with zero attached hydrogens (tertiary/aromatic N) is 1. The summed E-state index contributed by atoms with van der Waals surface area (Å²) in [6.07, 6.45) is 9.09. The van der Waals surface area contributed by atoms with Crippen molar-refractivity contribution in [2.24, 2.45) is 17.8 Å². The minimum Gasteiger partial charge on any atom is -0.351 e. The maximum Gasteiger partial charge on any atom is 0.266 e. The van der Waals surface area contributed by atoms with Crippen LogP contribution in [0.15, 0.2) is 29.2 Å². The summed E-state index contributed by atoms with van der Waals surface area (Å²) in [5.74, 6) is 1.68. The van der Waals surface area contributed by atoms with Crippen LogP contribution in [-0.4, -0.2) is 33.1 Å². The first kappa shape index (κ1) is 20.2. The Bertz CT molecular complexity index is 910. The molecule has 30 heavy (non-hydrogen) atoms. The SMILES string of the molecule is O=C(CCN1C(=O)/C(=C\c2ccccc2F)SC1=S)NC12CC3CC(CC(C3)C1)C2. The van der Waals surface area contributed by atoms with Crippen molar-refractivity contribution in [3.8, 4) is 0 Å². The van der Waals surface area contributed by atoms with Gasteiger partial charge in [-0.1, -0.05) is 42.2 Å². The molecule has 4 aliphatic carbocycles. The van der Waals surface area contributed by atoms with Gasteiger partial charge in [0.05, 0.1) is 4.91 Å². The molecule has 1 aromatic rings. The Morgan fingerprint density at radius 1 is 1.20 bits per heavy atom. The van der Waals surface area contributed by atoms with E-state index in [-0.39, 0.29) is 36.1 Å². The fourth-order valence-electron chi connectivity index (χ4n) is 6.26. The van der Waals surface area contributed by atoms with E-state index in [1.54, 1.807) is 18.2 Å². The highest BCUT2D eigenvalue weighted by Gasteiger charge is 2.51. The molecule has 4 saturated carbocycles. The summed E-state index contributed by atoms with van der Waals surface area (Å²) in [7, 11) is 0. The van der Waals surface area contributed by atoms with Crippen molar-refractivity contribution < 1.29 is 14.0 Å². The average molecular weight is 445 g/mol. The monoisotopic (exact) mass is 444 g/mol. The Morgan fingerprint density at radius 3 is 2.47 bits per heavy atom. The Hall–Kier alpha value is -1.73. The predicted octanol–water partition coefficient (Wildman–Crippen LogP) is 4.50. The molecule has 7 heteroatoms. The minimum atomic E-state index is -0.377. The molecule has 4 nitrogen and oxygen atoms in total. The molecular formula is C23H25FN2O2S2. The van der Waals surface area contributed by atoms with Gasteiger partial charge in [0.2, 0.25) is 5.91 Å². The summed E-state index contributed by atoms with van der Waals surface area (Å²) in [5, 5.41) is 3.35. The van der Waals surface area contributed by atoms with Gasteiger partial charge in [-0.2, -0.15) is 0 Å². The Kier molecular flexibility index (Phi) is 5.22. The van der Waals surface area contributed by atoms with Gasteiger partial charge < -0.3 is 5.32 Å². The number of amides is 2. The third-order valence-corrected chi connectivity index (χ3v) is 8.45. The molecule has 5 fully saturated rings. The van der Waals surface area contributed by atoms with E-state index < -0.39 is 0 Å². The Balaban J connectivity index is 1.20. The quantitative estimate of drug-likeness (QED) is 0.537. The van der Waals surface area contributed by atoms with Crippen molar-refractivity contribution in [3.05, 3.63) is 40.6 Å². The predicted molar refractivity (Wildman–Crippen MR) is 120 cm³/mol. The molecule has 0 unspecified atom stereocenters. The second kappa shape index (κ2) is 7.75. The number of nitrogens with one attached hydrogen (secondary N) is 1. The lowest BCUT2D eigenvalue weighted by atomic mass is 9.53. The number of thioether (sulfide) groups is 1. The molecule has 5 aliphatic rings. The van der Waals surface area contributed by atoms with Gasteiger partial charge in [-0.3, -0.25) is 14.5 Å². The summed E-state index contributed by atoms with van der Waals surface area (Å²) in [5.41, 5.74) is 0.337. The van der Waals surface area contributed by atoms with E-state index >= 15 is 0 Å². The smallest absolute Gasteiger partial charge is 0.266 e. The van der Waals surface area contributed by atoms with Gasteiger partial charge in [0.1, 0.15) is 10.1 Å². The topological polar surface area (TPSA) is 49.4 Å². The van der Waals surface area contributed by atoms with Crippen LogP contribution in [0.25, 0.3) is 6.08 Å². The van der Waals surface area contributed by atoms with Gasteiger partial charge in [-0.05, 0) is 68.4 Å². The summed E-state index contributed by atoms with van der Waals surface area (Å²) in [4.78, 5) is 27.4. The second-order valence-corrected chi connectivity index (χ2v) is 11.0. The van der Waals surface area contributed by atoms with Gasteiger partial charge in [-0.15, -0.1) is 0 Å². The fraction of sp³-hybridized carbons (Fsp3) is 0.522. The van der Waals surface area contributed by atoms with E-state index in [9.17, 15) is 14.0 Å². The average Bonchev–Trinajstić information content (AvgIpc) is 2.93. The highest BCUT2D eigenvalue weighted by molar-refractivity contribution is 8.26. The molecule has 2 amide bonds. The zero-order valence-electron chi connectivity index (χ0n) is 16.7. The summed E-state index contributed by atoms with van der Waals surface area (Å²) < 4.78 is 14.3. The van der Waals surface area contributed by atoms with Crippen LogP contribution in [0.5, 0.6) is 0 Å². The number of benzene rings is 1. The highest BCUT2D eigenvalue weighted by atomic mass is 32.2. The number of halogens is 1. The maximum absolute atomic E-state index is 13.9. The van der Waals surface area contributed by atoms with E-state index in [0.29, 0.717) is 14.8 Å². The number of carbonyl (C=O) groups excluding carboxylic acids is 2. The van der Waals surface area contributed by atoms with Crippen molar-refractivity contribution in [1.82, 2.24) is 10.2 Å². The molecule has 0 aromatic heterocycles. The van der Waals surface area contributed by atoms with E-state index in [2.05, 4.69) is 5.32 Å². The van der Waals surface area contributed by atoms with Crippen LogP contribution in [0.1, 0.15) is 50.5 Å². The van der Waals surface area contributed by atoms with Crippen LogP contribution in [0.3, 0.4) is 0 Å². The second-order valence-electron chi connectivity index (χ2n) is 9.35. The molecule has 0 atom stereocenters. The maximum atomic E-state index is 13.9. The first-order chi connectivity index (χ1) is 14.4. The van der Waals surface area contributed by atoms with Gasteiger partial charge in [-0.25, -0.2) is 4.39 Å². The van der Waals surface area contributed by atoms with Crippen LogP contribution in [-0.2, 0) is 9.59 Å². The van der Waals surface area contributed by atoms with Crippen molar-refractivity contribution >= 4 is 46.2 Å². The lowest BCUT2D eigenvalue weighted by Gasteiger charge is -2.57. The van der Waals surface area contributed by atoms with E-state index in [1.165, 1.54) is 36.3 Å². The molecular weight excluding hydrogens is 419 g/mol. The molecule has 158 valence electrons. The first-order valence-electron chi connectivity index (χ1n) is 10.7. The number of hydrogen-bond donors (Lipinski definition) is 1. The van der Waals surface area contributed by atoms with E-state index in [1.807, 2.05) is 0 Å². The van der Waals surface area contributed by atoms with Crippen molar-refractivity contribution in [2.45, 2.75) is 50.5 Å². The zero-order valence-corrected chi connectivity index (χ0v) is 18.4. The lowest BCUT2D eigenvalue weighted by molar-refractivity contribution is -0.127. The van der Waals surface area contributed by atoms with E-state index in [0.717, 1.165) is 48.8 Å². The van der Waals surface area contributed by atoms with Gasteiger partial charge in [0, 0.05) is 24.1 Å². The molecule has 6 rings (SSSR count). The number of thiocarbonyl (C=S) groups is 1. The minimum absolute atomic E-state index is 0.00378. The molecule has 1 N–H and O–H groups in total. The normalized spacial score (nSPS) is 33.6. The molecule has 1 aromatic carbocycles. The van der Waals surface area contributed by atoms with Gasteiger partial charge >= 0.3 is 0 Å². The largest absolute Gasteiger partial charge is 0.351 e. The summed E-state index contributed by atoms with van der Waals surface area (Å²) in [6, 6.07) is 6.33. The summed E-state index contributed by atoms with van der Waals surface area (Å²) >= 11 is 6.51. The Morgan fingerprint density at radius 2 is 1.83 bits per heavy atom. The van der Waals surface area contributed by atoms with E-state index in [4.69, 9.17) is 12.2 Å². The molecule has 1 saturated heterocycles. The number of rotatable bonds is 5. The van der Waals surface area contributed by atoms with Crippen molar-refractivity contribution in [3.63, 3.8) is 0 Å². The molecule has 1 heterocycles. The summed E-state index contributed by atoms with van der Waals surface area (Å²) in [6.45, 7) is 0.261. The third-order valence-electron chi connectivity index (χ3n) is 7.07. The van der Waals surface area contributed by atoms with Gasteiger partial charge in [0.15, 0.2) is 0 Å². The fourth-order valence-corrected chi connectivity index (χ4v) is 7.56. The molecule has 0 spiro atoms. The lowest BCUT2D eigenvalue weighted by Crippen LogP contribution is -2.60. The van der Waals surface area contributed by atoms with Gasteiger partial charge in [0.25, 0.3) is 5.91 Å². The van der Waals surface area contributed by atoms with Crippen molar-refractivity contribution in [2.75, 3.05) is 6.54 Å². The molecule has 0 radical (unpaired) electrons. The third kappa shape index (κ3) is 3.82. The first-order valence-corrected chi connectivity index (χ1v) is 11.9. The van der Waals surface area contributed by atoms with Crippen LogP contribution in [0, 0.1) is 23.6 Å². The van der Waals surface area contributed by atoms with Crippen LogP contribution >= 0.6 is 24.0 Å². The number of carbonyl (C=O) groups is 2. The standard InChI is InChI=1S/C23H25FN2O2S2/c24-18-4-2-1-3-17(18)10-19-21(28)26(22(29)30-19)6-5-20(27)25-23-11-14-7-15(12-23)9-16(8-14)13-23/h1-4,10,14-16H,5-9,11-13H2,(H,25,27)/b19-10+. The van der Waals surface area contributed by atoms with Crippen LogP contribution in [0.4, 0.5) is 4.39 Å². The Labute approximate surface area is 185 Å².